The fourth-order valence-corrected chi connectivity index (χ4v) is 5.23. The minimum absolute atomic E-state index is 0.208. The van der Waals surface area contributed by atoms with Gasteiger partial charge in [-0.15, -0.1) is 0 Å². The van der Waals surface area contributed by atoms with Crippen LogP contribution >= 0.6 is 21.6 Å². The molecule has 0 fully saturated rings. The van der Waals surface area contributed by atoms with Gasteiger partial charge in [0.25, 0.3) is 0 Å². The van der Waals surface area contributed by atoms with E-state index in [0.29, 0.717) is 34.9 Å². The Morgan fingerprint density at radius 1 is 0.676 bits per heavy atom. The van der Waals surface area contributed by atoms with Crippen LogP contribution in [0.4, 0.5) is 0 Å². The molecule has 0 heterocycles. The number of hydrogen-bond acceptors (Lipinski definition) is 8. The van der Waals surface area contributed by atoms with Crippen LogP contribution in [0.25, 0.3) is 0 Å². The van der Waals surface area contributed by atoms with Gasteiger partial charge in [0, 0.05) is 24.3 Å². The maximum Gasteiger partial charge on any atom is 0.307 e. The number of aliphatic carboxylic acids is 2. The van der Waals surface area contributed by atoms with Gasteiger partial charge in [-0.2, -0.15) is 0 Å². The standard InChI is InChI=1S/C22H40N2O8S2/c1-23(2,3)15-17(13-19(25)26)31-21(29)9-7-11-33-34-12-8-10-22(30)32-18(14-20(27)28)16-24(4,5)6/h17-18H,7-16H2,1-6H3/p+2. The number of esters is 2. The molecule has 0 amide bonds. The van der Waals surface area contributed by atoms with Gasteiger partial charge < -0.3 is 28.7 Å². The van der Waals surface area contributed by atoms with Crippen molar-refractivity contribution < 1.29 is 47.8 Å². The van der Waals surface area contributed by atoms with E-state index in [1.165, 1.54) is 0 Å². The third kappa shape index (κ3) is 21.1. The average molecular weight is 527 g/mol. The van der Waals surface area contributed by atoms with E-state index in [2.05, 4.69) is 0 Å². The minimum atomic E-state index is -0.993. The Bertz CT molecular complexity index is 606. The van der Waals surface area contributed by atoms with Crippen molar-refractivity contribution in [2.45, 2.75) is 50.7 Å². The van der Waals surface area contributed by atoms with E-state index in [1.54, 1.807) is 21.6 Å². The normalized spacial score (nSPS) is 13.7. The van der Waals surface area contributed by atoms with Gasteiger partial charge in [0.05, 0.1) is 55.1 Å². The first kappa shape index (κ1) is 32.5. The first-order chi connectivity index (χ1) is 15.6. The lowest BCUT2D eigenvalue weighted by molar-refractivity contribution is -0.873. The first-order valence-corrected chi connectivity index (χ1v) is 13.7. The van der Waals surface area contributed by atoms with Crippen molar-refractivity contribution in [1.82, 2.24) is 0 Å². The van der Waals surface area contributed by atoms with Crippen LogP contribution in [0.3, 0.4) is 0 Å². The summed E-state index contributed by atoms with van der Waals surface area (Å²) in [5.41, 5.74) is 0. The second kappa shape index (κ2) is 16.2. The Kier molecular flexibility index (Phi) is 15.5. The molecule has 0 aromatic heterocycles. The van der Waals surface area contributed by atoms with Gasteiger partial charge in [0.2, 0.25) is 0 Å². The van der Waals surface area contributed by atoms with Gasteiger partial charge in [0.1, 0.15) is 13.1 Å². The Hall–Kier alpha value is -1.50. The molecule has 10 nitrogen and oxygen atoms in total. The van der Waals surface area contributed by atoms with E-state index in [1.807, 2.05) is 42.3 Å². The zero-order chi connectivity index (χ0) is 26.4. The van der Waals surface area contributed by atoms with Crippen molar-refractivity contribution in [2.24, 2.45) is 0 Å². The summed E-state index contributed by atoms with van der Waals surface area (Å²) in [5.74, 6) is -1.31. The van der Waals surface area contributed by atoms with Crippen LogP contribution in [0, 0.1) is 0 Å². The van der Waals surface area contributed by atoms with Crippen LogP contribution in [0.2, 0.25) is 0 Å². The molecule has 12 heteroatoms. The molecule has 0 spiro atoms. The summed E-state index contributed by atoms with van der Waals surface area (Å²) >= 11 is 0. The van der Waals surface area contributed by atoms with Crippen molar-refractivity contribution >= 4 is 45.5 Å². The Labute approximate surface area is 210 Å². The van der Waals surface area contributed by atoms with Gasteiger partial charge in [0.15, 0.2) is 12.2 Å². The molecule has 0 saturated heterocycles. The molecule has 0 saturated carbocycles. The molecule has 0 aliphatic rings. The van der Waals surface area contributed by atoms with Crippen molar-refractivity contribution in [1.29, 1.82) is 0 Å². The predicted octanol–water partition coefficient (Wildman–Crippen LogP) is 2.11. The molecular formula is C22H42N2O8S2+2. The number of carboxylic acids is 2. The van der Waals surface area contributed by atoms with Gasteiger partial charge in [-0.05, 0) is 12.8 Å². The first-order valence-electron chi connectivity index (χ1n) is 11.3. The van der Waals surface area contributed by atoms with Gasteiger partial charge in [-0.1, -0.05) is 21.6 Å². The number of hydrogen-bond donors (Lipinski definition) is 2. The number of carbonyl (C=O) groups is 4. The lowest BCUT2D eigenvalue weighted by Gasteiger charge is -2.28. The Balaban J connectivity index is 4.05. The molecule has 0 radical (unpaired) electrons. The zero-order valence-corrected chi connectivity index (χ0v) is 22.9. The second-order valence-corrected chi connectivity index (χ2v) is 12.9. The Morgan fingerprint density at radius 2 is 1.00 bits per heavy atom. The lowest BCUT2D eigenvalue weighted by atomic mass is 10.2. The molecule has 198 valence electrons. The molecule has 0 aliphatic heterocycles. The summed E-state index contributed by atoms with van der Waals surface area (Å²) < 4.78 is 11.7. The molecule has 2 atom stereocenters. The van der Waals surface area contributed by atoms with E-state index in [-0.39, 0.29) is 25.7 Å². The highest BCUT2D eigenvalue weighted by molar-refractivity contribution is 8.76. The number of quaternary nitrogens is 2. The number of nitrogens with zero attached hydrogens (tertiary/aromatic N) is 2. The lowest BCUT2D eigenvalue weighted by Crippen LogP contribution is -2.43. The number of ether oxygens (including phenoxy) is 2. The summed E-state index contributed by atoms with van der Waals surface area (Å²) in [6, 6.07) is 0. The zero-order valence-electron chi connectivity index (χ0n) is 21.3. The van der Waals surface area contributed by atoms with Gasteiger partial charge >= 0.3 is 23.9 Å². The van der Waals surface area contributed by atoms with Crippen molar-refractivity contribution in [3.8, 4) is 0 Å². The van der Waals surface area contributed by atoms with Crippen LogP contribution in [0.5, 0.6) is 0 Å². The highest BCUT2D eigenvalue weighted by atomic mass is 33.1. The highest BCUT2D eigenvalue weighted by Crippen LogP contribution is 2.24. The van der Waals surface area contributed by atoms with E-state index < -0.39 is 36.1 Å². The number of likely N-dealkylation sites (N-methyl/N-ethyl adjacent to an activating group) is 2. The number of rotatable bonds is 19. The average Bonchev–Trinajstić information content (AvgIpc) is 2.59. The maximum absolute atomic E-state index is 12.0. The molecule has 0 aliphatic carbocycles. The summed E-state index contributed by atoms with van der Waals surface area (Å²) in [6.45, 7) is 0.856. The quantitative estimate of drug-likeness (QED) is 0.112. The monoisotopic (exact) mass is 526 g/mol. The molecule has 0 rings (SSSR count). The molecule has 34 heavy (non-hydrogen) atoms. The molecule has 0 aromatic rings. The number of carbonyl (C=O) groups excluding carboxylic acids is 2. The van der Waals surface area contributed by atoms with Crippen LogP contribution in [-0.2, 0) is 28.7 Å². The van der Waals surface area contributed by atoms with E-state index in [0.717, 1.165) is 11.5 Å². The van der Waals surface area contributed by atoms with Crippen molar-refractivity contribution in [3.05, 3.63) is 0 Å². The Morgan fingerprint density at radius 3 is 1.26 bits per heavy atom. The molecule has 2 N–H and O–H groups in total. The minimum Gasteiger partial charge on any atom is -0.481 e. The summed E-state index contributed by atoms with van der Waals surface area (Å²) in [7, 11) is 14.7. The summed E-state index contributed by atoms with van der Waals surface area (Å²) in [4.78, 5) is 46.1. The SMILES string of the molecule is C[N+](C)(C)CC(CC(=O)O)OC(=O)CCCSSCCCC(=O)OC(CC(=O)O)C[N+](C)(C)C. The number of carboxylic acid groups (broad SMARTS) is 2. The van der Waals surface area contributed by atoms with E-state index in [9.17, 15) is 19.2 Å². The molecule has 2 unspecified atom stereocenters. The maximum atomic E-state index is 12.0. The van der Waals surface area contributed by atoms with Crippen LogP contribution < -0.4 is 0 Å². The molecular weight excluding hydrogens is 484 g/mol. The fraction of sp³-hybridized carbons (Fsp3) is 0.818. The third-order valence-corrected chi connectivity index (χ3v) is 6.78. The predicted molar refractivity (Wildman–Crippen MR) is 133 cm³/mol. The highest BCUT2D eigenvalue weighted by Gasteiger charge is 2.25. The molecule has 0 aromatic carbocycles. The summed E-state index contributed by atoms with van der Waals surface area (Å²) in [5, 5.41) is 18.0. The van der Waals surface area contributed by atoms with Crippen LogP contribution in [0.15, 0.2) is 0 Å². The smallest absolute Gasteiger partial charge is 0.307 e. The van der Waals surface area contributed by atoms with E-state index >= 15 is 0 Å². The van der Waals surface area contributed by atoms with Crippen LogP contribution in [-0.4, -0.2) is 122 Å². The second-order valence-electron chi connectivity index (χ2n) is 10.2. The van der Waals surface area contributed by atoms with Crippen molar-refractivity contribution in [2.75, 3.05) is 66.9 Å². The van der Waals surface area contributed by atoms with E-state index in [4.69, 9.17) is 19.7 Å². The summed E-state index contributed by atoms with van der Waals surface area (Å²) in [6.07, 6.45) is -0.0285. The van der Waals surface area contributed by atoms with Crippen molar-refractivity contribution in [3.63, 3.8) is 0 Å². The van der Waals surface area contributed by atoms with Gasteiger partial charge in [-0.25, -0.2) is 0 Å². The topological polar surface area (TPSA) is 127 Å². The largest absolute Gasteiger partial charge is 0.481 e. The fourth-order valence-electron chi connectivity index (χ4n) is 3.06. The van der Waals surface area contributed by atoms with Gasteiger partial charge in [-0.3, -0.25) is 19.2 Å². The molecule has 0 bridgehead atoms. The third-order valence-electron chi connectivity index (χ3n) is 4.20. The van der Waals surface area contributed by atoms with Crippen LogP contribution in [0.1, 0.15) is 38.5 Å².